The van der Waals surface area contributed by atoms with Crippen molar-refractivity contribution in [2.45, 2.75) is 38.8 Å². The van der Waals surface area contributed by atoms with E-state index in [9.17, 15) is 9.59 Å². The Bertz CT molecular complexity index is 256. The largest absolute Gasteiger partial charge is 0.353 e. The number of carbonyl (C=O) groups excluding carboxylic acids is 2. The van der Waals surface area contributed by atoms with Gasteiger partial charge < -0.3 is 16.4 Å². The van der Waals surface area contributed by atoms with Gasteiger partial charge in [0.05, 0.1) is 0 Å². The van der Waals surface area contributed by atoms with E-state index in [0.29, 0.717) is 12.5 Å². The molecule has 0 aromatic heterocycles. The van der Waals surface area contributed by atoms with Crippen LogP contribution < -0.4 is 16.4 Å². The van der Waals surface area contributed by atoms with Gasteiger partial charge in [0.25, 0.3) is 0 Å². The molecule has 0 bridgehead atoms. The Morgan fingerprint density at radius 1 is 1.44 bits per heavy atom. The molecule has 2 amide bonds. The van der Waals surface area contributed by atoms with Crippen molar-refractivity contribution >= 4 is 24.2 Å². The van der Waals surface area contributed by atoms with Crippen LogP contribution in [-0.4, -0.2) is 30.4 Å². The summed E-state index contributed by atoms with van der Waals surface area (Å²) < 4.78 is 0. The highest BCUT2D eigenvalue weighted by Gasteiger charge is 2.28. The maximum Gasteiger partial charge on any atom is 0.242 e. The minimum absolute atomic E-state index is 0. The van der Waals surface area contributed by atoms with E-state index in [1.165, 1.54) is 6.92 Å². The third-order valence-electron chi connectivity index (χ3n) is 2.55. The van der Waals surface area contributed by atoms with Crippen LogP contribution in [0.15, 0.2) is 0 Å². The minimum Gasteiger partial charge on any atom is -0.353 e. The first-order chi connectivity index (χ1) is 7.00. The zero-order valence-electron chi connectivity index (χ0n) is 9.66. The van der Waals surface area contributed by atoms with E-state index in [1.54, 1.807) is 6.92 Å². The summed E-state index contributed by atoms with van der Waals surface area (Å²) in [7, 11) is 0. The maximum atomic E-state index is 11.4. The molecule has 0 heterocycles. The third-order valence-corrected chi connectivity index (χ3v) is 2.55. The molecule has 5 nitrogen and oxygen atoms in total. The molecular weight excluding hydrogens is 230 g/mol. The van der Waals surface area contributed by atoms with Gasteiger partial charge in [-0.15, -0.1) is 12.4 Å². The molecule has 94 valence electrons. The van der Waals surface area contributed by atoms with Gasteiger partial charge in [-0.05, 0) is 25.7 Å². The fraction of sp³-hybridized carbons (Fsp3) is 0.800. The van der Waals surface area contributed by atoms with E-state index in [0.717, 1.165) is 12.8 Å². The first kappa shape index (κ1) is 15.2. The second-order valence-corrected chi connectivity index (χ2v) is 4.17. The number of amides is 2. The summed E-state index contributed by atoms with van der Waals surface area (Å²) in [5.74, 6) is 0.187. The van der Waals surface area contributed by atoms with Gasteiger partial charge in [0.15, 0.2) is 0 Å². The fourth-order valence-electron chi connectivity index (χ4n) is 1.43. The second kappa shape index (κ2) is 6.70. The highest BCUT2D eigenvalue weighted by molar-refractivity contribution is 5.86. The highest BCUT2D eigenvalue weighted by atomic mass is 35.5. The van der Waals surface area contributed by atoms with Crippen LogP contribution >= 0.6 is 12.4 Å². The number of hydrogen-bond donors (Lipinski definition) is 3. The Morgan fingerprint density at radius 3 is 2.44 bits per heavy atom. The summed E-state index contributed by atoms with van der Waals surface area (Å²) >= 11 is 0. The SMILES string of the molecule is CC(=O)NC(C)C(=O)NCC(N)C1CC1.Cl. The summed E-state index contributed by atoms with van der Waals surface area (Å²) in [5, 5.41) is 5.25. The monoisotopic (exact) mass is 249 g/mol. The lowest BCUT2D eigenvalue weighted by molar-refractivity contribution is -0.127. The van der Waals surface area contributed by atoms with Crippen LogP contribution in [0.4, 0.5) is 0 Å². The molecule has 0 radical (unpaired) electrons. The van der Waals surface area contributed by atoms with E-state index in [2.05, 4.69) is 10.6 Å². The number of hydrogen-bond acceptors (Lipinski definition) is 3. The van der Waals surface area contributed by atoms with E-state index in [4.69, 9.17) is 5.73 Å². The van der Waals surface area contributed by atoms with Gasteiger partial charge in [-0.2, -0.15) is 0 Å². The highest BCUT2D eigenvalue weighted by Crippen LogP contribution is 2.31. The summed E-state index contributed by atoms with van der Waals surface area (Å²) in [6.07, 6.45) is 2.33. The molecule has 1 aliphatic carbocycles. The lowest BCUT2D eigenvalue weighted by Gasteiger charge is -2.15. The number of nitrogens with one attached hydrogen (secondary N) is 2. The Balaban J connectivity index is 0.00000225. The molecule has 0 aromatic carbocycles. The number of nitrogens with two attached hydrogens (primary N) is 1. The molecular formula is C10H20ClN3O2. The van der Waals surface area contributed by atoms with Gasteiger partial charge in [-0.25, -0.2) is 0 Å². The summed E-state index contributed by atoms with van der Waals surface area (Å²) in [6, 6.07) is -0.438. The average Bonchev–Trinajstić information content (AvgIpc) is 2.95. The van der Waals surface area contributed by atoms with Crippen molar-refractivity contribution in [2.24, 2.45) is 11.7 Å². The van der Waals surface area contributed by atoms with Gasteiger partial charge in [-0.1, -0.05) is 0 Å². The van der Waals surface area contributed by atoms with E-state index in [1.807, 2.05) is 0 Å². The number of halogens is 1. The smallest absolute Gasteiger partial charge is 0.242 e. The molecule has 16 heavy (non-hydrogen) atoms. The second-order valence-electron chi connectivity index (χ2n) is 4.17. The molecule has 0 aliphatic heterocycles. The topological polar surface area (TPSA) is 84.2 Å². The Labute approximate surface area is 102 Å². The minimum atomic E-state index is -0.492. The van der Waals surface area contributed by atoms with Crippen molar-refractivity contribution in [3.8, 4) is 0 Å². The Hall–Kier alpha value is -0.810. The summed E-state index contributed by atoms with van der Waals surface area (Å²) in [4.78, 5) is 22.1. The Kier molecular flexibility index (Phi) is 6.36. The first-order valence-corrected chi connectivity index (χ1v) is 5.31. The van der Waals surface area contributed by atoms with Crippen molar-refractivity contribution in [3.63, 3.8) is 0 Å². The molecule has 0 aromatic rings. The third kappa shape index (κ3) is 5.32. The standard InChI is InChI=1S/C10H19N3O2.ClH/c1-6(13-7(2)14)10(15)12-5-9(11)8-3-4-8;/h6,8-9H,3-5,11H2,1-2H3,(H,12,15)(H,13,14);1H. The van der Waals surface area contributed by atoms with Crippen LogP contribution in [0.3, 0.4) is 0 Å². The molecule has 2 atom stereocenters. The van der Waals surface area contributed by atoms with Gasteiger partial charge in [0, 0.05) is 19.5 Å². The van der Waals surface area contributed by atoms with Gasteiger partial charge >= 0.3 is 0 Å². The van der Waals surface area contributed by atoms with Crippen molar-refractivity contribution in [2.75, 3.05) is 6.54 Å². The fourth-order valence-corrected chi connectivity index (χ4v) is 1.43. The zero-order valence-corrected chi connectivity index (χ0v) is 10.5. The van der Waals surface area contributed by atoms with Crippen LogP contribution in [0.25, 0.3) is 0 Å². The van der Waals surface area contributed by atoms with Crippen molar-refractivity contribution in [3.05, 3.63) is 0 Å². The predicted molar refractivity (Wildman–Crippen MR) is 64.2 cm³/mol. The van der Waals surface area contributed by atoms with Crippen molar-refractivity contribution in [1.29, 1.82) is 0 Å². The van der Waals surface area contributed by atoms with Crippen LogP contribution in [0.2, 0.25) is 0 Å². The van der Waals surface area contributed by atoms with Crippen molar-refractivity contribution < 1.29 is 9.59 Å². The van der Waals surface area contributed by atoms with Crippen LogP contribution in [0, 0.1) is 5.92 Å². The van der Waals surface area contributed by atoms with Gasteiger partial charge in [0.1, 0.15) is 6.04 Å². The summed E-state index contributed by atoms with van der Waals surface area (Å²) in [6.45, 7) is 3.53. The molecule has 1 saturated carbocycles. The molecule has 0 saturated heterocycles. The predicted octanol–water partition coefficient (Wildman–Crippen LogP) is -0.214. The summed E-state index contributed by atoms with van der Waals surface area (Å²) in [5.41, 5.74) is 5.83. The molecule has 1 rings (SSSR count). The Morgan fingerprint density at radius 2 is 2.00 bits per heavy atom. The molecule has 0 spiro atoms. The molecule has 1 fully saturated rings. The molecule has 6 heteroatoms. The lowest BCUT2D eigenvalue weighted by Crippen LogP contribution is -2.47. The van der Waals surface area contributed by atoms with Crippen molar-refractivity contribution in [1.82, 2.24) is 10.6 Å². The normalized spacial score (nSPS) is 17.9. The van der Waals surface area contributed by atoms with Crippen LogP contribution in [0.1, 0.15) is 26.7 Å². The quantitative estimate of drug-likeness (QED) is 0.630. The van der Waals surface area contributed by atoms with Gasteiger partial charge in [-0.3, -0.25) is 9.59 Å². The zero-order chi connectivity index (χ0) is 11.4. The van der Waals surface area contributed by atoms with E-state index >= 15 is 0 Å². The molecule has 1 aliphatic rings. The van der Waals surface area contributed by atoms with E-state index in [-0.39, 0.29) is 30.3 Å². The van der Waals surface area contributed by atoms with Crippen LogP contribution in [0.5, 0.6) is 0 Å². The van der Waals surface area contributed by atoms with Crippen LogP contribution in [-0.2, 0) is 9.59 Å². The molecule has 4 N–H and O–H groups in total. The maximum absolute atomic E-state index is 11.4. The van der Waals surface area contributed by atoms with Gasteiger partial charge in [0.2, 0.25) is 11.8 Å². The number of rotatable bonds is 5. The first-order valence-electron chi connectivity index (χ1n) is 5.31. The molecule has 2 unspecified atom stereocenters. The number of carbonyl (C=O) groups is 2. The average molecular weight is 250 g/mol. The van der Waals surface area contributed by atoms with E-state index < -0.39 is 6.04 Å². The lowest BCUT2D eigenvalue weighted by atomic mass is 10.2.